The fraction of sp³-hybridized carbons (Fsp3) is 0.0769. The zero-order valence-electron chi connectivity index (χ0n) is 10.7. The topological polar surface area (TPSA) is 110 Å². The van der Waals surface area contributed by atoms with Gasteiger partial charge in [0.25, 0.3) is 5.91 Å². The van der Waals surface area contributed by atoms with Crippen LogP contribution in [0.5, 0.6) is 0 Å². The van der Waals surface area contributed by atoms with Crippen molar-refractivity contribution in [2.75, 3.05) is 11.1 Å². The minimum atomic E-state index is -0.400. The Hall–Kier alpha value is -2.96. The molecular weight excluding hydrogens is 256 g/mol. The maximum Gasteiger partial charge on any atom is 0.293 e. The summed E-state index contributed by atoms with van der Waals surface area (Å²) in [6.45, 7) is 1.97. The number of nitrogens with zero attached hydrogens (tertiary/aromatic N) is 3. The van der Waals surface area contributed by atoms with Gasteiger partial charge in [-0.05, 0) is 30.7 Å². The third kappa shape index (κ3) is 2.05. The Balaban J connectivity index is 1.99. The third-order valence-electron chi connectivity index (χ3n) is 2.94. The van der Waals surface area contributed by atoms with Crippen molar-refractivity contribution < 1.29 is 4.79 Å². The Morgan fingerprint density at radius 1 is 1.35 bits per heavy atom. The molecule has 0 saturated heterocycles. The Morgan fingerprint density at radius 2 is 2.20 bits per heavy atom. The number of hydrogen-bond donors (Lipinski definition) is 3. The van der Waals surface area contributed by atoms with Crippen LogP contribution in [0.4, 0.5) is 11.6 Å². The molecule has 0 aliphatic rings. The first kappa shape index (κ1) is 12.1. The first-order valence-electron chi connectivity index (χ1n) is 5.99. The highest BCUT2D eigenvalue weighted by Gasteiger charge is 2.13. The minimum absolute atomic E-state index is 0.0329. The van der Waals surface area contributed by atoms with Crippen molar-refractivity contribution in [1.82, 2.24) is 20.2 Å². The normalized spacial score (nSPS) is 10.7. The number of carbonyl (C=O) groups is 1. The number of rotatable bonds is 2. The quantitative estimate of drug-likeness (QED) is 0.652. The average Bonchev–Trinajstić information content (AvgIpc) is 2.89. The predicted molar refractivity (Wildman–Crippen MR) is 75.2 cm³/mol. The van der Waals surface area contributed by atoms with Gasteiger partial charge in [-0.15, -0.1) is 5.10 Å². The molecular formula is C13H12N6O. The molecule has 7 heteroatoms. The number of aromatic amines is 1. The van der Waals surface area contributed by atoms with Crippen LogP contribution in [0, 0.1) is 6.92 Å². The summed E-state index contributed by atoms with van der Waals surface area (Å²) >= 11 is 0. The van der Waals surface area contributed by atoms with Gasteiger partial charge in [-0.25, -0.2) is 0 Å². The molecule has 0 atom stereocenters. The Kier molecular flexibility index (Phi) is 2.79. The van der Waals surface area contributed by atoms with Crippen LogP contribution in [0.1, 0.15) is 16.2 Å². The van der Waals surface area contributed by atoms with Crippen LogP contribution < -0.4 is 11.1 Å². The number of nitrogens with one attached hydrogen (secondary N) is 2. The molecule has 1 aromatic carbocycles. The highest BCUT2D eigenvalue weighted by atomic mass is 16.2. The summed E-state index contributed by atoms with van der Waals surface area (Å²) in [4.78, 5) is 20.1. The van der Waals surface area contributed by atoms with Gasteiger partial charge in [0.2, 0.25) is 11.8 Å². The summed E-state index contributed by atoms with van der Waals surface area (Å²) in [5, 5.41) is 9.74. The summed E-state index contributed by atoms with van der Waals surface area (Å²) < 4.78 is 0. The summed E-state index contributed by atoms with van der Waals surface area (Å²) in [5.41, 5.74) is 7.94. The van der Waals surface area contributed by atoms with E-state index in [9.17, 15) is 4.79 Å². The monoisotopic (exact) mass is 268 g/mol. The van der Waals surface area contributed by atoms with Crippen LogP contribution in [0.15, 0.2) is 30.5 Å². The Morgan fingerprint density at radius 3 is 2.95 bits per heavy atom. The van der Waals surface area contributed by atoms with Crippen molar-refractivity contribution in [1.29, 1.82) is 0 Å². The number of aryl methyl sites for hydroxylation is 1. The SMILES string of the molecule is Cc1ccc(NC(=O)c2nc(N)n[nH]2)c2cccnc12. The van der Waals surface area contributed by atoms with Gasteiger partial charge < -0.3 is 11.1 Å². The molecule has 4 N–H and O–H groups in total. The Labute approximate surface area is 114 Å². The first-order valence-corrected chi connectivity index (χ1v) is 5.99. The Bertz CT molecular complexity index is 794. The van der Waals surface area contributed by atoms with E-state index in [1.807, 2.05) is 31.2 Å². The van der Waals surface area contributed by atoms with Crippen molar-refractivity contribution in [2.45, 2.75) is 6.92 Å². The molecule has 2 heterocycles. The van der Waals surface area contributed by atoms with Crippen LogP contribution in [0.2, 0.25) is 0 Å². The van der Waals surface area contributed by atoms with E-state index in [1.54, 1.807) is 6.20 Å². The highest BCUT2D eigenvalue weighted by Crippen LogP contribution is 2.24. The lowest BCUT2D eigenvalue weighted by atomic mass is 10.1. The predicted octanol–water partition coefficient (Wildman–Crippen LogP) is 1.50. The maximum atomic E-state index is 12.0. The lowest BCUT2D eigenvalue weighted by molar-refractivity contribution is 0.101. The number of pyridine rings is 1. The molecule has 0 spiro atoms. The molecule has 0 aliphatic carbocycles. The molecule has 0 unspecified atom stereocenters. The van der Waals surface area contributed by atoms with E-state index in [0.29, 0.717) is 5.69 Å². The second kappa shape index (κ2) is 4.61. The lowest BCUT2D eigenvalue weighted by Crippen LogP contribution is -2.14. The van der Waals surface area contributed by atoms with E-state index >= 15 is 0 Å². The number of carbonyl (C=O) groups excluding carboxylic acids is 1. The van der Waals surface area contributed by atoms with E-state index in [0.717, 1.165) is 16.5 Å². The van der Waals surface area contributed by atoms with Gasteiger partial charge in [-0.3, -0.25) is 14.9 Å². The molecule has 2 aromatic heterocycles. The number of hydrogen-bond acceptors (Lipinski definition) is 5. The van der Waals surface area contributed by atoms with Gasteiger partial charge in [-0.2, -0.15) is 4.98 Å². The summed E-state index contributed by atoms with van der Waals surface area (Å²) in [5.74, 6) is -0.297. The summed E-state index contributed by atoms with van der Waals surface area (Å²) in [6.07, 6.45) is 1.72. The fourth-order valence-electron chi connectivity index (χ4n) is 1.98. The highest BCUT2D eigenvalue weighted by molar-refractivity contribution is 6.07. The van der Waals surface area contributed by atoms with Crippen molar-refractivity contribution >= 4 is 28.4 Å². The zero-order chi connectivity index (χ0) is 14.1. The molecule has 0 fully saturated rings. The fourth-order valence-corrected chi connectivity index (χ4v) is 1.98. The minimum Gasteiger partial charge on any atom is -0.366 e. The average molecular weight is 268 g/mol. The molecule has 20 heavy (non-hydrogen) atoms. The second-order valence-corrected chi connectivity index (χ2v) is 4.33. The molecule has 7 nitrogen and oxygen atoms in total. The zero-order valence-corrected chi connectivity index (χ0v) is 10.7. The number of amides is 1. The second-order valence-electron chi connectivity index (χ2n) is 4.33. The van der Waals surface area contributed by atoms with E-state index in [-0.39, 0.29) is 11.8 Å². The summed E-state index contributed by atoms with van der Waals surface area (Å²) in [6, 6.07) is 7.46. The van der Waals surface area contributed by atoms with Crippen LogP contribution in [0.25, 0.3) is 10.9 Å². The number of nitrogens with two attached hydrogens (primary N) is 1. The number of nitrogen functional groups attached to an aromatic ring is 1. The van der Waals surface area contributed by atoms with Gasteiger partial charge in [0.1, 0.15) is 0 Å². The smallest absolute Gasteiger partial charge is 0.293 e. The number of fused-ring (bicyclic) bond motifs is 1. The van der Waals surface area contributed by atoms with Crippen LogP contribution in [-0.2, 0) is 0 Å². The standard InChI is InChI=1S/C13H12N6O/c1-7-4-5-9(8-3-2-6-15-10(7)8)16-12(20)11-17-13(14)19-18-11/h2-6H,1H3,(H,16,20)(H3,14,17,18,19). The number of benzene rings is 1. The van der Waals surface area contributed by atoms with Crippen LogP contribution in [0.3, 0.4) is 0 Å². The van der Waals surface area contributed by atoms with Crippen molar-refractivity contribution in [3.8, 4) is 0 Å². The van der Waals surface area contributed by atoms with Gasteiger partial charge in [-0.1, -0.05) is 6.07 Å². The molecule has 0 radical (unpaired) electrons. The van der Waals surface area contributed by atoms with Crippen molar-refractivity contribution in [2.24, 2.45) is 0 Å². The maximum absolute atomic E-state index is 12.0. The molecule has 1 amide bonds. The van der Waals surface area contributed by atoms with E-state index in [4.69, 9.17) is 5.73 Å². The molecule has 0 saturated carbocycles. The third-order valence-corrected chi connectivity index (χ3v) is 2.94. The largest absolute Gasteiger partial charge is 0.366 e. The van der Waals surface area contributed by atoms with Gasteiger partial charge >= 0.3 is 0 Å². The van der Waals surface area contributed by atoms with Gasteiger partial charge in [0.15, 0.2) is 0 Å². The number of H-pyrrole nitrogens is 1. The van der Waals surface area contributed by atoms with E-state index in [2.05, 4.69) is 25.5 Å². The van der Waals surface area contributed by atoms with E-state index in [1.165, 1.54) is 0 Å². The van der Waals surface area contributed by atoms with Crippen molar-refractivity contribution in [3.05, 3.63) is 41.9 Å². The van der Waals surface area contributed by atoms with Crippen LogP contribution in [-0.4, -0.2) is 26.1 Å². The summed E-state index contributed by atoms with van der Waals surface area (Å²) in [7, 11) is 0. The van der Waals surface area contributed by atoms with E-state index < -0.39 is 5.91 Å². The number of anilines is 2. The molecule has 100 valence electrons. The van der Waals surface area contributed by atoms with Gasteiger partial charge in [0, 0.05) is 11.6 Å². The number of aromatic nitrogens is 4. The molecule has 0 aliphatic heterocycles. The lowest BCUT2D eigenvalue weighted by Gasteiger charge is -2.08. The molecule has 3 aromatic rings. The first-order chi connectivity index (χ1) is 9.65. The molecule has 0 bridgehead atoms. The van der Waals surface area contributed by atoms with Crippen molar-refractivity contribution in [3.63, 3.8) is 0 Å². The van der Waals surface area contributed by atoms with Gasteiger partial charge in [0.05, 0.1) is 11.2 Å². The molecule has 3 rings (SSSR count). The van der Waals surface area contributed by atoms with Crippen LogP contribution >= 0.6 is 0 Å².